The third-order valence-corrected chi connectivity index (χ3v) is 7.37. The number of carbonyl (C=O) groups excluding carboxylic acids is 1. The van der Waals surface area contributed by atoms with Crippen molar-refractivity contribution in [2.75, 3.05) is 13.1 Å². The number of amides is 1. The lowest BCUT2D eigenvalue weighted by atomic mass is 10.00. The zero-order valence-corrected chi connectivity index (χ0v) is 19.7. The molecule has 0 radical (unpaired) electrons. The maximum absolute atomic E-state index is 14.9. The highest BCUT2D eigenvalue weighted by molar-refractivity contribution is 6.31. The van der Waals surface area contributed by atoms with E-state index in [0.29, 0.717) is 39.9 Å². The second kappa shape index (κ2) is 8.78. The van der Waals surface area contributed by atoms with Gasteiger partial charge in [-0.05, 0) is 38.8 Å². The van der Waals surface area contributed by atoms with Gasteiger partial charge in [-0.25, -0.2) is 18.7 Å². The second-order valence-corrected chi connectivity index (χ2v) is 9.60. The van der Waals surface area contributed by atoms with Crippen LogP contribution in [0.1, 0.15) is 46.8 Å². The fourth-order valence-corrected chi connectivity index (χ4v) is 5.10. The van der Waals surface area contributed by atoms with Crippen LogP contribution in [0.15, 0.2) is 23.9 Å². The molecule has 1 aromatic heterocycles. The van der Waals surface area contributed by atoms with Crippen molar-refractivity contribution in [3.05, 3.63) is 57.5 Å². The van der Waals surface area contributed by atoms with Crippen molar-refractivity contribution in [3.8, 4) is 5.75 Å². The fourth-order valence-electron chi connectivity index (χ4n) is 5.02. The standard InChI is InChI=1S/C24H26ClF2N5O2/c1-11-21(25)12(2)30-23(29-11)16-9-32(10-17(16)28)24(33)15-5-3-13(26)7-19(15)34-20-8-14-4-6-18(31-14)22(20)27/h3,5,7,14,18,20,22,31H,4,6,8-10,28H2,1-2H3. The number of ether oxygens (including phenoxy) is 1. The van der Waals surface area contributed by atoms with Gasteiger partial charge in [0.05, 0.1) is 35.1 Å². The molecular formula is C24H26ClF2N5O2. The number of aromatic nitrogens is 2. The molecule has 1 amide bonds. The Hall–Kier alpha value is -2.78. The largest absolute Gasteiger partial charge is 0.486 e. The van der Waals surface area contributed by atoms with E-state index in [1.54, 1.807) is 13.8 Å². The summed E-state index contributed by atoms with van der Waals surface area (Å²) in [6.07, 6.45) is 0.129. The van der Waals surface area contributed by atoms with Crippen LogP contribution in [-0.2, 0) is 0 Å². The van der Waals surface area contributed by atoms with Gasteiger partial charge in [-0.15, -0.1) is 0 Å². The molecule has 4 atom stereocenters. The highest BCUT2D eigenvalue weighted by Gasteiger charge is 2.43. The molecule has 2 saturated heterocycles. The van der Waals surface area contributed by atoms with Crippen molar-refractivity contribution in [3.63, 3.8) is 0 Å². The molecule has 3 aliphatic rings. The van der Waals surface area contributed by atoms with Gasteiger partial charge in [-0.3, -0.25) is 4.79 Å². The minimum absolute atomic E-state index is 0.0420. The van der Waals surface area contributed by atoms with E-state index in [1.807, 2.05) is 0 Å². The molecule has 3 aliphatic heterocycles. The first-order valence-corrected chi connectivity index (χ1v) is 11.7. The number of benzene rings is 1. The summed E-state index contributed by atoms with van der Waals surface area (Å²) in [5.41, 5.74) is 8.77. The summed E-state index contributed by atoms with van der Waals surface area (Å²) in [7, 11) is 0. The molecule has 2 aromatic rings. The van der Waals surface area contributed by atoms with Gasteiger partial charge in [0, 0.05) is 35.8 Å². The van der Waals surface area contributed by atoms with Crippen LogP contribution in [0.4, 0.5) is 8.78 Å². The molecule has 0 spiro atoms. The summed E-state index contributed by atoms with van der Waals surface area (Å²) in [4.78, 5) is 23.8. The van der Waals surface area contributed by atoms with Crippen molar-refractivity contribution in [2.45, 2.75) is 57.5 Å². The molecule has 180 valence electrons. The molecule has 2 fully saturated rings. The normalized spacial score (nSPS) is 26.3. The van der Waals surface area contributed by atoms with E-state index >= 15 is 0 Å². The summed E-state index contributed by atoms with van der Waals surface area (Å²) in [6.45, 7) is 3.91. The van der Waals surface area contributed by atoms with Crippen molar-refractivity contribution < 1.29 is 18.3 Å². The monoisotopic (exact) mass is 489 g/mol. The lowest BCUT2D eigenvalue weighted by Crippen LogP contribution is -2.51. The minimum atomic E-state index is -1.23. The van der Waals surface area contributed by atoms with Crippen molar-refractivity contribution >= 4 is 23.1 Å². The number of carbonyl (C=O) groups is 1. The van der Waals surface area contributed by atoms with Gasteiger partial charge in [0.25, 0.3) is 5.91 Å². The smallest absolute Gasteiger partial charge is 0.258 e. The van der Waals surface area contributed by atoms with Crippen LogP contribution >= 0.6 is 11.6 Å². The Labute approximate surface area is 201 Å². The lowest BCUT2D eigenvalue weighted by molar-refractivity contribution is 0.0442. The Bertz CT molecular complexity index is 1170. The lowest BCUT2D eigenvalue weighted by Gasteiger charge is -2.33. The van der Waals surface area contributed by atoms with Crippen LogP contribution in [0.25, 0.3) is 5.57 Å². The quantitative estimate of drug-likeness (QED) is 0.684. The summed E-state index contributed by atoms with van der Waals surface area (Å²) in [6, 6.07) is 3.62. The Kier molecular flexibility index (Phi) is 5.93. The van der Waals surface area contributed by atoms with Gasteiger partial charge in [-0.2, -0.15) is 0 Å². The van der Waals surface area contributed by atoms with E-state index in [1.165, 1.54) is 17.0 Å². The first-order valence-electron chi connectivity index (χ1n) is 11.4. The van der Waals surface area contributed by atoms with E-state index in [0.717, 1.165) is 18.9 Å². The Morgan fingerprint density at radius 3 is 2.71 bits per heavy atom. The average molecular weight is 490 g/mol. The van der Waals surface area contributed by atoms with Crippen LogP contribution in [0, 0.1) is 19.7 Å². The summed E-state index contributed by atoms with van der Waals surface area (Å²) in [5, 5.41) is 3.73. The highest BCUT2D eigenvalue weighted by Crippen LogP contribution is 2.34. The molecule has 34 heavy (non-hydrogen) atoms. The SMILES string of the molecule is Cc1nc(C2=C(N)CN(C(=O)c3ccc(F)cc3OC3CC4CCC(N4)C3F)C2)nc(C)c1Cl. The van der Waals surface area contributed by atoms with Crippen LogP contribution in [0.5, 0.6) is 5.75 Å². The number of alkyl halides is 1. The topological polar surface area (TPSA) is 93.4 Å². The second-order valence-electron chi connectivity index (χ2n) is 9.22. The number of hydrogen-bond acceptors (Lipinski definition) is 6. The number of hydrogen-bond donors (Lipinski definition) is 2. The van der Waals surface area contributed by atoms with Gasteiger partial charge in [0.2, 0.25) is 0 Å². The Balaban J connectivity index is 1.37. The molecule has 3 N–H and O–H groups in total. The molecule has 0 saturated carbocycles. The number of nitrogens with two attached hydrogens (primary N) is 1. The number of nitrogens with zero attached hydrogens (tertiary/aromatic N) is 3. The van der Waals surface area contributed by atoms with Crippen LogP contribution < -0.4 is 15.8 Å². The molecule has 4 heterocycles. The third-order valence-electron chi connectivity index (χ3n) is 6.82. The van der Waals surface area contributed by atoms with E-state index in [9.17, 15) is 13.6 Å². The summed E-state index contributed by atoms with van der Waals surface area (Å²) < 4.78 is 34.9. The summed E-state index contributed by atoms with van der Waals surface area (Å²) >= 11 is 6.18. The molecule has 4 unspecified atom stereocenters. The zero-order chi connectivity index (χ0) is 24.1. The molecule has 1 aromatic carbocycles. The van der Waals surface area contributed by atoms with Gasteiger partial charge in [0.15, 0.2) is 12.0 Å². The predicted octanol–water partition coefficient (Wildman–Crippen LogP) is 3.32. The number of nitrogens with one attached hydrogen (secondary N) is 1. The highest BCUT2D eigenvalue weighted by atomic mass is 35.5. The van der Waals surface area contributed by atoms with Gasteiger partial charge in [0.1, 0.15) is 17.7 Å². The van der Waals surface area contributed by atoms with Crippen LogP contribution in [0.2, 0.25) is 5.02 Å². The number of fused-ring (bicyclic) bond motifs is 2. The van der Waals surface area contributed by atoms with Gasteiger partial charge in [-0.1, -0.05) is 11.6 Å². The molecule has 0 aliphatic carbocycles. The van der Waals surface area contributed by atoms with Gasteiger partial charge < -0.3 is 20.7 Å². The molecule has 2 bridgehead atoms. The van der Waals surface area contributed by atoms with Crippen molar-refractivity contribution in [2.24, 2.45) is 5.73 Å². The number of aryl methyl sites for hydroxylation is 2. The van der Waals surface area contributed by atoms with E-state index in [2.05, 4.69) is 15.3 Å². The Morgan fingerprint density at radius 2 is 1.97 bits per heavy atom. The Morgan fingerprint density at radius 1 is 1.24 bits per heavy atom. The molecule has 7 nitrogen and oxygen atoms in total. The van der Waals surface area contributed by atoms with E-state index < -0.39 is 18.1 Å². The maximum atomic E-state index is 14.9. The number of piperidine rings is 1. The maximum Gasteiger partial charge on any atom is 0.258 e. The average Bonchev–Trinajstić information content (AvgIpc) is 3.39. The van der Waals surface area contributed by atoms with Crippen LogP contribution in [0.3, 0.4) is 0 Å². The van der Waals surface area contributed by atoms with Crippen LogP contribution in [-0.4, -0.2) is 58.2 Å². The molecular weight excluding hydrogens is 464 g/mol. The van der Waals surface area contributed by atoms with E-state index in [-0.39, 0.29) is 42.4 Å². The summed E-state index contributed by atoms with van der Waals surface area (Å²) in [5.74, 6) is -0.476. The minimum Gasteiger partial charge on any atom is -0.486 e. The first kappa shape index (κ1) is 23.0. The number of rotatable bonds is 4. The first-order chi connectivity index (χ1) is 16.2. The third kappa shape index (κ3) is 4.11. The van der Waals surface area contributed by atoms with Crippen molar-refractivity contribution in [1.82, 2.24) is 20.2 Å². The molecule has 10 heteroatoms. The van der Waals surface area contributed by atoms with Gasteiger partial charge >= 0.3 is 0 Å². The number of halogens is 3. The van der Waals surface area contributed by atoms with E-state index in [4.69, 9.17) is 22.1 Å². The van der Waals surface area contributed by atoms with Crippen molar-refractivity contribution in [1.29, 1.82) is 0 Å². The molecule has 5 rings (SSSR count). The fraction of sp³-hybridized carbons (Fsp3) is 0.458. The predicted molar refractivity (Wildman–Crippen MR) is 124 cm³/mol. The zero-order valence-electron chi connectivity index (χ0n) is 18.9.